The van der Waals surface area contributed by atoms with Gasteiger partial charge in [-0.1, -0.05) is 40.5 Å². The Kier molecular flexibility index (Phi) is 13.6. The number of rotatable bonds is 8. The highest BCUT2D eigenvalue weighted by Gasteiger charge is 2.10. The maximum absolute atomic E-state index is 8.74. The van der Waals surface area contributed by atoms with Crippen molar-refractivity contribution < 1.29 is 17.5 Å². The second-order valence-corrected chi connectivity index (χ2v) is 8.58. The first-order chi connectivity index (χ1) is 14.4. The normalized spacial score (nSPS) is 10.9. The van der Waals surface area contributed by atoms with Crippen LogP contribution in [0.2, 0.25) is 0 Å². The number of hydrogen-bond acceptors (Lipinski definition) is 4. The molecule has 9 heteroatoms. The van der Waals surface area contributed by atoms with Gasteiger partial charge in [0.25, 0.3) is 0 Å². The molecule has 0 fully saturated rings. The smallest absolute Gasteiger partial charge is 0.335 e. The average molecular weight is 459 g/mol. The number of imidazole rings is 2. The minimum Gasteiger partial charge on any atom is -0.335 e. The van der Waals surface area contributed by atoms with E-state index in [1.165, 1.54) is 60.1 Å². The summed E-state index contributed by atoms with van der Waals surface area (Å²) in [4.78, 5) is 9.16. The van der Waals surface area contributed by atoms with Crippen LogP contribution in [0.3, 0.4) is 0 Å². The van der Waals surface area contributed by atoms with Crippen molar-refractivity contribution in [1.29, 1.82) is 0 Å². The molecule has 2 heterocycles. The Labute approximate surface area is 188 Å². The fourth-order valence-electron chi connectivity index (χ4n) is 3.53. The van der Waals surface area contributed by atoms with E-state index in [2.05, 4.69) is 74.7 Å². The average Bonchev–Trinajstić information content (AvgIpc) is 3.07. The van der Waals surface area contributed by atoms with Crippen molar-refractivity contribution >= 4 is 10.4 Å². The molecule has 0 aliphatic carbocycles. The van der Waals surface area contributed by atoms with Gasteiger partial charge in [-0.25, -0.2) is 9.97 Å². The van der Waals surface area contributed by atoms with Crippen LogP contribution in [-0.4, -0.2) is 36.6 Å². The van der Waals surface area contributed by atoms with Crippen LogP contribution >= 0.6 is 0 Å². The molecule has 8 nitrogen and oxygen atoms in total. The van der Waals surface area contributed by atoms with E-state index in [0.717, 1.165) is 25.7 Å². The third kappa shape index (κ3) is 10.9. The Bertz CT molecular complexity index is 820. The van der Waals surface area contributed by atoms with Crippen LogP contribution in [0.1, 0.15) is 87.8 Å². The fraction of sp³-hybridized carbons (Fsp3) is 0.727. The van der Waals surface area contributed by atoms with Crippen LogP contribution in [0.25, 0.3) is 0 Å². The standard InChI is InChI=1S/2C11H20N2.H2O4S/c2*1-5-7-10-9(3)12-11(8-6-2)13(10)4;1-5(2,3)4/h2*5-8H2,1-4H3;(H2,1,2,3,4). The van der Waals surface area contributed by atoms with Crippen molar-refractivity contribution in [1.82, 2.24) is 19.1 Å². The first-order valence-electron chi connectivity index (χ1n) is 11.1. The Morgan fingerprint density at radius 2 is 0.935 bits per heavy atom. The van der Waals surface area contributed by atoms with Crippen LogP contribution in [0.4, 0.5) is 0 Å². The van der Waals surface area contributed by atoms with E-state index in [0.29, 0.717) is 0 Å². The zero-order chi connectivity index (χ0) is 24.2. The number of hydrogen-bond donors (Lipinski definition) is 2. The summed E-state index contributed by atoms with van der Waals surface area (Å²) in [5, 5.41) is 0. The van der Waals surface area contributed by atoms with Gasteiger partial charge < -0.3 is 9.13 Å². The largest absolute Gasteiger partial charge is 0.394 e. The summed E-state index contributed by atoms with van der Waals surface area (Å²) in [6.07, 6.45) is 9.25. The molecule has 0 bridgehead atoms. The monoisotopic (exact) mass is 458 g/mol. The van der Waals surface area contributed by atoms with Gasteiger partial charge in [-0.15, -0.1) is 0 Å². The molecule has 2 rings (SSSR count). The predicted octanol–water partition coefficient (Wildman–Crippen LogP) is 4.61. The summed E-state index contributed by atoms with van der Waals surface area (Å²) in [5.41, 5.74) is 5.25. The van der Waals surface area contributed by atoms with Crippen molar-refractivity contribution in [3.05, 3.63) is 34.4 Å². The van der Waals surface area contributed by atoms with E-state index in [9.17, 15) is 0 Å². The summed E-state index contributed by atoms with van der Waals surface area (Å²) in [7, 11) is -0.397. The third-order valence-electron chi connectivity index (χ3n) is 4.93. The summed E-state index contributed by atoms with van der Waals surface area (Å²) < 4.78 is 36.1. The van der Waals surface area contributed by atoms with Gasteiger partial charge in [0.15, 0.2) is 0 Å². The SMILES string of the molecule is CCCc1nc(C)c(CCC)n1C.CCCc1nc(C)c(CCC)n1C.O=S(=O)(O)O. The Hall–Kier alpha value is -1.71. The topological polar surface area (TPSA) is 110 Å². The second kappa shape index (κ2) is 14.4. The molecule has 2 N–H and O–H groups in total. The highest BCUT2D eigenvalue weighted by atomic mass is 32.3. The molecule has 0 aliphatic heterocycles. The molecule has 2 aromatic rings. The number of aryl methyl sites for hydroxylation is 4. The first kappa shape index (κ1) is 29.3. The van der Waals surface area contributed by atoms with Crippen molar-refractivity contribution in [3.63, 3.8) is 0 Å². The molecule has 0 unspecified atom stereocenters. The molecule has 0 aliphatic rings. The van der Waals surface area contributed by atoms with Gasteiger partial charge >= 0.3 is 10.4 Å². The van der Waals surface area contributed by atoms with E-state index in [4.69, 9.17) is 17.5 Å². The van der Waals surface area contributed by atoms with Crippen LogP contribution in [0.15, 0.2) is 0 Å². The van der Waals surface area contributed by atoms with Gasteiger partial charge in [0.05, 0.1) is 11.4 Å². The zero-order valence-electron chi connectivity index (χ0n) is 20.6. The second-order valence-electron chi connectivity index (χ2n) is 7.69. The van der Waals surface area contributed by atoms with E-state index in [1.807, 2.05) is 0 Å². The minimum absolute atomic E-state index is 1.10. The molecule has 0 amide bonds. The van der Waals surface area contributed by atoms with Gasteiger partial charge in [0, 0.05) is 38.3 Å². The van der Waals surface area contributed by atoms with Gasteiger partial charge in [-0.3, -0.25) is 9.11 Å². The van der Waals surface area contributed by atoms with Gasteiger partial charge in [-0.2, -0.15) is 8.42 Å². The minimum atomic E-state index is -4.67. The number of aromatic nitrogens is 4. The Morgan fingerprint density at radius 1 is 0.677 bits per heavy atom. The van der Waals surface area contributed by atoms with E-state index < -0.39 is 10.4 Å². The van der Waals surface area contributed by atoms with Gasteiger partial charge in [0.2, 0.25) is 0 Å². The quantitative estimate of drug-likeness (QED) is 0.559. The molecular formula is C22H42N4O4S. The van der Waals surface area contributed by atoms with Crippen LogP contribution in [0.5, 0.6) is 0 Å². The maximum atomic E-state index is 8.74. The van der Waals surface area contributed by atoms with E-state index >= 15 is 0 Å². The molecule has 180 valence electrons. The van der Waals surface area contributed by atoms with Crippen molar-refractivity contribution in [2.24, 2.45) is 14.1 Å². The van der Waals surface area contributed by atoms with Crippen LogP contribution in [0, 0.1) is 13.8 Å². The molecule has 0 atom stereocenters. The Morgan fingerprint density at radius 3 is 1.16 bits per heavy atom. The molecule has 0 aromatic carbocycles. The molecular weight excluding hydrogens is 416 g/mol. The lowest BCUT2D eigenvalue weighted by Crippen LogP contribution is -2.01. The van der Waals surface area contributed by atoms with Crippen molar-refractivity contribution in [3.8, 4) is 0 Å². The van der Waals surface area contributed by atoms with E-state index in [-0.39, 0.29) is 0 Å². The lowest BCUT2D eigenvalue weighted by molar-refractivity contribution is 0.381. The summed E-state index contributed by atoms with van der Waals surface area (Å²) in [6, 6.07) is 0. The van der Waals surface area contributed by atoms with Crippen LogP contribution in [-0.2, 0) is 50.2 Å². The third-order valence-corrected chi connectivity index (χ3v) is 4.93. The molecule has 0 radical (unpaired) electrons. The molecule has 31 heavy (non-hydrogen) atoms. The predicted molar refractivity (Wildman–Crippen MR) is 126 cm³/mol. The maximum Gasteiger partial charge on any atom is 0.394 e. The molecule has 0 saturated heterocycles. The summed E-state index contributed by atoms with van der Waals surface area (Å²) in [5.74, 6) is 2.48. The van der Waals surface area contributed by atoms with Crippen molar-refractivity contribution in [2.45, 2.75) is 92.9 Å². The highest BCUT2D eigenvalue weighted by Crippen LogP contribution is 2.13. The van der Waals surface area contributed by atoms with Crippen molar-refractivity contribution in [2.75, 3.05) is 0 Å². The van der Waals surface area contributed by atoms with Gasteiger partial charge in [0.1, 0.15) is 11.6 Å². The summed E-state index contributed by atoms with van der Waals surface area (Å²) in [6.45, 7) is 13.1. The first-order valence-corrected chi connectivity index (χ1v) is 12.5. The molecule has 0 saturated carbocycles. The molecule has 2 aromatic heterocycles. The van der Waals surface area contributed by atoms with Gasteiger partial charge in [-0.05, 0) is 39.5 Å². The number of nitrogens with zero attached hydrogens (tertiary/aromatic N) is 4. The molecule has 0 spiro atoms. The zero-order valence-corrected chi connectivity index (χ0v) is 21.4. The summed E-state index contributed by atoms with van der Waals surface area (Å²) >= 11 is 0. The van der Waals surface area contributed by atoms with E-state index in [1.54, 1.807) is 0 Å². The lowest BCUT2D eigenvalue weighted by atomic mass is 10.2. The fourth-order valence-corrected chi connectivity index (χ4v) is 3.53. The Balaban J connectivity index is 0.000000479. The lowest BCUT2D eigenvalue weighted by Gasteiger charge is -2.03. The van der Waals surface area contributed by atoms with Crippen LogP contribution < -0.4 is 0 Å². The highest BCUT2D eigenvalue weighted by molar-refractivity contribution is 7.79.